The Morgan fingerprint density at radius 2 is 2.05 bits per heavy atom. The first-order chi connectivity index (χ1) is 9.09. The molecule has 0 bridgehead atoms. The summed E-state index contributed by atoms with van der Waals surface area (Å²) in [5.74, 6) is 0.214. The molecule has 0 saturated carbocycles. The summed E-state index contributed by atoms with van der Waals surface area (Å²) in [5.41, 5.74) is 8.15. The number of carbonyl (C=O) groups excluding carboxylic acids is 1. The molecule has 1 aromatic rings. The second kappa shape index (κ2) is 7.62. The van der Waals surface area contributed by atoms with Crippen molar-refractivity contribution in [2.75, 3.05) is 25.2 Å². The van der Waals surface area contributed by atoms with Gasteiger partial charge in [0, 0.05) is 25.9 Å². The van der Waals surface area contributed by atoms with Gasteiger partial charge >= 0.3 is 0 Å². The van der Waals surface area contributed by atoms with Crippen LogP contribution in [0.15, 0.2) is 24.3 Å². The summed E-state index contributed by atoms with van der Waals surface area (Å²) in [7, 11) is 1.79. The molecule has 2 rings (SSSR count). The number of aryl methyl sites for hydroxylation is 1. The van der Waals surface area contributed by atoms with Crippen LogP contribution in [0.4, 0.5) is 5.69 Å². The van der Waals surface area contributed by atoms with Crippen LogP contribution in [0.3, 0.4) is 0 Å². The van der Waals surface area contributed by atoms with Gasteiger partial charge in [-0.2, -0.15) is 0 Å². The number of amides is 1. The lowest BCUT2D eigenvalue weighted by Gasteiger charge is -2.30. The number of halogens is 1. The average Bonchev–Trinajstić information content (AvgIpc) is 2.46. The van der Waals surface area contributed by atoms with E-state index in [-0.39, 0.29) is 24.2 Å². The highest BCUT2D eigenvalue weighted by atomic mass is 35.5. The van der Waals surface area contributed by atoms with E-state index >= 15 is 0 Å². The standard InChI is InChI=1S/C15H22N2O2.ClH/c1-11-4-3-5-13(10-11)17(2)15(18)14(16)12-6-8-19-9-7-12;/h3-5,10,12,14H,6-9,16H2,1-2H3;1H. The van der Waals surface area contributed by atoms with E-state index < -0.39 is 6.04 Å². The van der Waals surface area contributed by atoms with E-state index in [9.17, 15) is 4.79 Å². The van der Waals surface area contributed by atoms with Crippen LogP contribution in [0.2, 0.25) is 0 Å². The normalized spacial score (nSPS) is 17.1. The van der Waals surface area contributed by atoms with Crippen LogP contribution < -0.4 is 10.6 Å². The van der Waals surface area contributed by atoms with Gasteiger partial charge in [0.25, 0.3) is 0 Å². The molecule has 2 N–H and O–H groups in total. The third-order valence-corrected chi connectivity index (χ3v) is 3.78. The molecule has 1 aliphatic rings. The number of nitrogens with zero attached hydrogens (tertiary/aromatic N) is 1. The molecule has 20 heavy (non-hydrogen) atoms. The molecule has 1 aromatic carbocycles. The first-order valence-corrected chi connectivity index (χ1v) is 6.77. The van der Waals surface area contributed by atoms with Crippen LogP contribution in [-0.4, -0.2) is 32.2 Å². The molecule has 1 saturated heterocycles. The van der Waals surface area contributed by atoms with Gasteiger partial charge in [-0.1, -0.05) is 12.1 Å². The topological polar surface area (TPSA) is 55.6 Å². The summed E-state index contributed by atoms with van der Waals surface area (Å²) < 4.78 is 5.31. The van der Waals surface area contributed by atoms with Gasteiger partial charge in [-0.05, 0) is 43.4 Å². The molecule has 0 spiro atoms. The molecule has 4 nitrogen and oxygen atoms in total. The minimum absolute atomic E-state index is 0. The van der Waals surface area contributed by atoms with Crippen LogP contribution in [0.1, 0.15) is 18.4 Å². The van der Waals surface area contributed by atoms with E-state index in [0.29, 0.717) is 13.2 Å². The van der Waals surface area contributed by atoms with Crippen molar-refractivity contribution in [2.24, 2.45) is 11.7 Å². The van der Waals surface area contributed by atoms with Crippen molar-refractivity contribution in [1.29, 1.82) is 0 Å². The Kier molecular flexibility index (Phi) is 6.46. The number of ether oxygens (including phenoxy) is 1. The number of nitrogens with two attached hydrogens (primary N) is 1. The Morgan fingerprint density at radius 1 is 1.40 bits per heavy atom. The first-order valence-electron chi connectivity index (χ1n) is 6.77. The smallest absolute Gasteiger partial charge is 0.243 e. The summed E-state index contributed by atoms with van der Waals surface area (Å²) in [5, 5.41) is 0. The zero-order chi connectivity index (χ0) is 13.8. The summed E-state index contributed by atoms with van der Waals surface area (Å²) in [6.07, 6.45) is 1.74. The quantitative estimate of drug-likeness (QED) is 0.930. The fourth-order valence-corrected chi connectivity index (χ4v) is 2.46. The van der Waals surface area contributed by atoms with E-state index in [1.165, 1.54) is 0 Å². The number of likely N-dealkylation sites (N-methyl/N-ethyl adjacent to an activating group) is 1. The maximum atomic E-state index is 12.4. The van der Waals surface area contributed by atoms with Crippen LogP contribution in [0, 0.1) is 12.8 Å². The van der Waals surface area contributed by atoms with E-state index in [0.717, 1.165) is 24.1 Å². The molecule has 0 radical (unpaired) electrons. The van der Waals surface area contributed by atoms with Crippen LogP contribution in [0.25, 0.3) is 0 Å². The first kappa shape index (κ1) is 17.0. The van der Waals surface area contributed by atoms with Gasteiger partial charge < -0.3 is 15.4 Å². The molecule has 112 valence electrons. The monoisotopic (exact) mass is 298 g/mol. The fraction of sp³-hybridized carbons (Fsp3) is 0.533. The van der Waals surface area contributed by atoms with E-state index in [1.807, 2.05) is 31.2 Å². The predicted molar refractivity (Wildman–Crippen MR) is 83.4 cm³/mol. The molecule has 1 aliphatic heterocycles. The molecule has 1 fully saturated rings. The van der Waals surface area contributed by atoms with E-state index in [4.69, 9.17) is 10.5 Å². The van der Waals surface area contributed by atoms with Crippen molar-refractivity contribution in [2.45, 2.75) is 25.8 Å². The third-order valence-electron chi connectivity index (χ3n) is 3.78. The highest BCUT2D eigenvalue weighted by molar-refractivity contribution is 5.96. The van der Waals surface area contributed by atoms with Crippen molar-refractivity contribution in [1.82, 2.24) is 0 Å². The molecule has 1 atom stereocenters. The summed E-state index contributed by atoms with van der Waals surface area (Å²) in [4.78, 5) is 14.1. The lowest BCUT2D eigenvalue weighted by molar-refractivity contribution is -0.121. The van der Waals surface area contributed by atoms with Crippen molar-refractivity contribution in [3.05, 3.63) is 29.8 Å². The minimum Gasteiger partial charge on any atom is -0.381 e. The van der Waals surface area contributed by atoms with Crippen LogP contribution in [0.5, 0.6) is 0 Å². The average molecular weight is 299 g/mol. The van der Waals surface area contributed by atoms with E-state index in [2.05, 4.69) is 0 Å². The predicted octanol–water partition coefficient (Wildman–Crippen LogP) is 2.13. The molecular weight excluding hydrogens is 276 g/mol. The number of rotatable bonds is 3. The molecule has 1 unspecified atom stereocenters. The maximum absolute atomic E-state index is 12.4. The molecule has 1 heterocycles. The Bertz CT molecular complexity index is 447. The van der Waals surface area contributed by atoms with E-state index in [1.54, 1.807) is 11.9 Å². The Balaban J connectivity index is 0.00000200. The highest BCUT2D eigenvalue weighted by Crippen LogP contribution is 2.21. The largest absolute Gasteiger partial charge is 0.381 e. The van der Waals surface area contributed by atoms with Gasteiger partial charge in [-0.3, -0.25) is 4.79 Å². The molecule has 0 aliphatic carbocycles. The van der Waals surface area contributed by atoms with Crippen molar-refractivity contribution in [3.63, 3.8) is 0 Å². The summed E-state index contributed by atoms with van der Waals surface area (Å²) in [6.45, 7) is 3.43. The number of anilines is 1. The zero-order valence-corrected chi connectivity index (χ0v) is 12.9. The Labute approximate surface area is 126 Å². The third kappa shape index (κ3) is 3.95. The Morgan fingerprint density at radius 3 is 2.65 bits per heavy atom. The van der Waals surface area contributed by atoms with Gasteiger partial charge in [0.15, 0.2) is 0 Å². The van der Waals surface area contributed by atoms with Crippen molar-refractivity contribution < 1.29 is 9.53 Å². The SMILES string of the molecule is Cc1cccc(N(C)C(=O)C(N)C2CCOCC2)c1.Cl. The number of benzene rings is 1. The van der Waals surface area contributed by atoms with Gasteiger partial charge in [-0.25, -0.2) is 0 Å². The van der Waals surface area contributed by atoms with Gasteiger partial charge in [0.05, 0.1) is 6.04 Å². The second-order valence-electron chi connectivity index (χ2n) is 5.21. The van der Waals surface area contributed by atoms with Crippen molar-refractivity contribution in [3.8, 4) is 0 Å². The number of hydrogen-bond acceptors (Lipinski definition) is 3. The molecule has 5 heteroatoms. The van der Waals surface area contributed by atoms with Crippen LogP contribution >= 0.6 is 12.4 Å². The summed E-state index contributed by atoms with van der Waals surface area (Å²) >= 11 is 0. The Hall–Kier alpha value is -1.10. The van der Waals surface area contributed by atoms with Crippen LogP contribution in [-0.2, 0) is 9.53 Å². The second-order valence-corrected chi connectivity index (χ2v) is 5.21. The lowest BCUT2D eigenvalue weighted by Crippen LogP contribution is -2.47. The number of carbonyl (C=O) groups is 1. The molecule has 0 aromatic heterocycles. The molecule has 1 amide bonds. The fourth-order valence-electron chi connectivity index (χ4n) is 2.46. The maximum Gasteiger partial charge on any atom is 0.243 e. The highest BCUT2D eigenvalue weighted by Gasteiger charge is 2.29. The zero-order valence-electron chi connectivity index (χ0n) is 12.0. The van der Waals surface area contributed by atoms with Gasteiger partial charge in [0.2, 0.25) is 5.91 Å². The van der Waals surface area contributed by atoms with Gasteiger partial charge in [-0.15, -0.1) is 12.4 Å². The summed E-state index contributed by atoms with van der Waals surface area (Å²) in [6, 6.07) is 7.46. The lowest BCUT2D eigenvalue weighted by atomic mass is 9.91. The minimum atomic E-state index is -0.436. The number of hydrogen-bond donors (Lipinski definition) is 1. The van der Waals surface area contributed by atoms with Gasteiger partial charge in [0.1, 0.15) is 0 Å². The van der Waals surface area contributed by atoms with Crippen molar-refractivity contribution >= 4 is 24.0 Å². The molecular formula is C15H23ClN2O2.